The zero-order chi connectivity index (χ0) is 21.3. The van der Waals surface area contributed by atoms with Crippen molar-refractivity contribution in [2.75, 3.05) is 0 Å². The molecule has 0 aliphatic rings. The maximum absolute atomic E-state index is 14.4. The first-order valence-electron chi connectivity index (χ1n) is 10.4. The van der Waals surface area contributed by atoms with Gasteiger partial charge in [0.1, 0.15) is 0 Å². The molecule has 0 aliphatic heterocycles. The SMILES string of the molecule is CCCc1ccc(C#CC(F)=C(F)c2ccc(CCc3ccc(C)cc3)cc2)cc1. The minimum atomic E-state index is -1.04. The second kappa shape index (κ2) is 10.6. The van der Waals surface area contributed by atoms with E-state index in [0.29, 0.717) is 5.56 Å². The van der Waals surface area contributed by atoms with Crippen molar-refractivity contribution in [2.45, 2.75) is 39.5 Å². The van der Waals surface area contributed by atoms with E-state index < -0.39 is 11.7 Å². The molecule has 0 N–H and O–H groups in total. The highest BCUT2D eigenvalue weighted by Gasteiger charge is 2.07. The molecule has 0 amide bonds. The van der Waals surface area contributed by atoms with E-state index in [0.717, 1.165) is 31.2 Å². The predicted molar refractivity (Wildman–Crippen MR) is 121 cm³/mol. The molecule has 0 unspecified atom stereocenters. The summed E-state index contributed by atoms with van der Waals surface area (Å²) in [5.41, 5.74) is 5.69. The van der Waals surface area contributed by atoms with E-state index in [1.165, 1.54) is 16.7 Å². The Morgan fingerprint density at radius 2 is 1.20 bits per heavy atom. The lowest BCUT2D eigenvalue weighted by Crippen LogP contribution is -1.92. The summed E-state index contributed by atoms with van der Waals surface area (Å²) in [6.45, 7) is 4.19. The van der Waals surface area contributed by atoms with E-state index in [1.54, 1.807) is 12.1 Å². The number of rotatable bonds is 6. The van der Waals surface area contributed by atoms with E-state index >= 15 is 0 Å². The molecule has 0 aromatic heterocycles. The third-order valence-corrected chi connectivity index (χ3v) is 5.03. The van der Waals surface area contributed by atoms with Gasteiger partial charge in [0, 0.05) is 11.1 Å². The monoisotopic (exact) mass is 400 g/mol. The van der Waals surface area contributed by atoms with Crippen LogP contribution in [0.15, 0.2) is 78.6 Å². The number of allylic oxidation sites excluding steroid dienone is 1. The molecule has 0 spiro atoms. The standard InChI is InChI=1S/C28H26F2/c1-3-4-22-9-11-24(12-10-22)17-20-27(29)28(30)26-18-15-25(16-19-26)14-13-23-7-5-21(2)6-8-23/h5-12,15-16,18-19H,3-4,13-14H2,1-2H3. The minimum Gasteiger partial charge on any atom is -0.202 e. The highest BCUT2D eigenvalue weighted by atomic mass is 19.2. The first-order chi connectivity index (χ1) is 14.5. The molecule has 0 fully saturated rings. The van der Waals surface area contributed by atoms with Crippen LogP contribution >= 0.6 is 0 Å². The lowest BCUT2D eigenvalue weighted by atomic mass is 10.0. The van der Waals surface area contributed by atoms with Gasteiger partial charge in [-0.2, -0.15) is 4.39 Å². The summed E-state index contributed by atoms with van der Waals surface area (Å²) in [7, 11) is 0. The van der Waals surface area contributed by atoms with Gasteiger partial charge in [0.15, 0.2) is 5.83 Å². The fourth-order valence-electron chi connectivity index (χ4n) is 3.21. The molecular weight excluding hydrogens is 374 g/mol. The summed E-state index contributed by atoms with van der Waals surface area (Å²) in [5, 5.41) is 0. The molecule has 0 saturated carbocycles. The van der Waals surface area contributed by atoms with Gasteiger partial charge in [-0.1, -0.05) is 85.5 Å². The van der Waals surface area contributed by atoms with E-state index in [2.05, 4.69) is 50.0 Å². The summed E-state index contributed by atoms with van der Waals surface area (Å²) in [4.78, 5) is 0. The highest BCUT2D eigenvalue weighted by Crippen LogP contribution is 2.22. The topological polar surface area (TPSA) is 0 Å². The quantitative estimate of drug-likeness (QED) is 0.378. The number of halogens is 2. The lowest BCUT2D eigenvalue weighted by Gasteiger charge is -2.04. The maximum atomic E-state index is 14.4. The van der Waals surface area contributed by atoms with Gasteiger partial charge >= 0.3 is 0 Å². The van der Waals surface area contributed by atoms with E-state index in [-0.39, 0.29) is 5.56 Å². The van der Waals surface area contributed by atoms with Crippen molar-refractivity contribution in [3.63, 3.8) is 0 Å². The molecule has 3 aromatic rings. The van der Waals surface area contributed by atoms with Crippen molar-refractivity contribution in [3.8, 4) is 11.8 Å². The molecule has 0 atom stereocenters. The van der Waals surface area contributed by atoms with Gasteiger partial charge in [-0.05, 0) is 60.9 Å². The van der Waals surface area contributed by atoms with Gasteiger partial charge in [0.25, 0.3) is 0 Å². The normalized spacial score (nSPS) is 11.5. The smallest absolute Gasteiger partial charge is 0.202 e. The van der Waals surface area contributed by atoms with Crippen LogP contribution in [0.4, 0.5) is 8.78 Å². The van der Waals surface area contributed by atoms with Crippen LogP contribution in [0.2, 0.25) is 0 Å². The highest BCUT2D eigenvalue weighted by molar-refractivity contribution is 5.65. The maximum Gasteiger partial charge on any atom is 0.209 e. The predicted octanol–water partition coefficient (Wildman–Crippen LogP) is 7.39. The van der Waals surface area contributed by atoms with Crippen molar-refractivity contribution in [3.05, 3.63) is 112 Å². The Kier molecular flexibility index (Phi) is 7.57. The fraction of sp³-hybridized carbons (Fsp3) is 0.214. The van der Waals surface area contributed by atoms with Crippen LogP contribution in [0.1, 0.15) is 46.7 Å². The van der Waals surface area contributed by atoms with Gasteiger partial charge in [-0.3, -0.25) is 0 Å². The third kappa shape index (κ3) is 6.16. The number of benzene rings is 3. The number of hydrogen-bond donors (Lipinski definition) is 0. The van der Waals surface area contributed by atoms with Crippen molar-refractivity contribution >= 4 is 5.83 Å². The van der Waals surface area contributed by atoms with Gasteiger partial charge < -0.3 is 0 Å². The minimum absolute atomic E-state index is 0.208. The Labute approximate surface area is 178 Å². The first kappa shape index (κ1) is 21.5. The Bertz CT molecular complexity index is 1040. The average molecular weight is 401 g/mol. The Morgan fingerprint density at radius 3 is 1.77 bits per heavy atom. The third-order valence-electron chi connectivity index (χ3n) is 5.03. The van der Waals surface area contributed by atoms with Crippen LogP contribution in [0, 0.1) is 18.8 Å². The van der Waals surface area contributed by atoms with Crippen molar-refractivity contribution < 1.29 is 8.78 Å². The van der Waals surface area contributed by atoms with Crippen molar-refractivity contribution in [2.24, 2.45) is 0 Å². The molecule has 3 aromatic carbocycles. The summed E-state index contributed by atoms with van der Waals surface area (Å²) in [6, 6.07) is 23.0. The molecule has 0 radical (unpaired) electrons. The van der Waals surface area contributed by atoms with Crippen LogP contribution in [-0.4, -0.2) is 0 Å². The van der Waals surface area contributed by atoms with Gasteiger partial charge in [-0.15, -0.1) is 0 Å². The van der Waals surface area contributed by atoms with E-state index in [1.807, 2.05) is 36.4 Å². The molecule has 0 bridgehead atoms. The molecule has 0 saturated heterocycles. The zero-order valence-electron chi connectivity index (χ0n) is 17.5. The molecule has 3 rings (SSSR count). The van der Waals surface area contributed by atoms with Crippen LogP contribution in [0.3, 0.4) is 0 Å². The summed E-state index contributed by atoms with van der Waals surface area (Å²) >= 11 is 0. The van der Waals surface area contributed by atoms with Gasteiger partial charge in [-0.25, -0.2) is 4.39 Å². The fourth-order valence-corrected chi connectivity index (χ4v) is 3.21. The van der Waals surface area contributed by atoms with Crippen LogP contribution in [-0.2, 0) is 19.3 Å². The van der Waals surface area contributed by atoms with Crippen LogP contribution < -0.4 is 0 Å². The molecule has 30 heavy (non-hydrogen) atoms. The lowest BCUT2D eigenvalue weighted by molar-refractivity contribution is 0.635. The average Bonchev–Trinajstić information content (AvgIpc) is 2.78. The molecular formula is C28H26F2. The molecule has 0 nitrogen and oxygen atoms in total. The van der Waals surface area contributed by atoms with E-state index in [4.69, 9.17) is 0 Å². The molecule has 2 heteroatoms. The number of aryl methyl sites for hydroxylation is 4. The zero-order valence-corrected chi connectivity index (χ0v) is 17.5. The summed E-state index contributed by atoms with van der Waals surface area (Å²) < 4.78 is 28.6. The van der Waals surface area contributed by atoms with Gasteiger partial charge in [0.2, 0.25) is 5.83 Å². The van der Waals surface area contributed by atoms with Crippen molar-refractivity contribution in [1.29, 1.82) is 0 Å². The second-order valence-electron chi connectivity index (χ2n) is 7.51. The molecule has 0 aliphatic carbocycles. The Balaban J connectivity index is 1.64. The van der Waals surface area contributed by atoms with Crippen LogP contribution in [0.25, 0.3) is 5.83 Å². The number of hydrogen-bond acceptors (Lipinski definition) is 0. The second-order valence-corrected chi connectivity index (χ2v) is 7.51. The van der Waals surface area contributed by atoms with E-state index in [9.17, 15) is 8.78 Å². The molecule has 152 valence electrons. The first-order valence-corrected chi connectivity index (χ1v) is 10.4. The van der Waals surface area contributed by atoms with Crippen molar-refractivity contribution in [1.82, 2.24) is 0 Å². The largest absolute Gasteiger partial charge is 0.209 e. The summed E-state index contributed by atoms with van der Waals surface area (Å²) in [6.07, 6.45) is 3.83. The molecule has 0 heterocycles. The Hall–Kier alpha value is -3.18. The van der Waals surface area contributed by atoms with Gasteiger partial charge in [0.05, 0.1) is 0 Å². The Morgan fingerprint density at radius 1 is 0.700 bits per heavy atom. The summed E-state index contributed by atoms with van der Waals surface area (Å²) in [5.74, 6) is 3.03. The van der Waals surface area contributed by atoms with Crippen LogP contribution in [0.5, 0.6) is 0 Å².